The molecule has 1 amide bonds. The summed E-state index contributed by atoms with van der Waals surface area (Å²) in [6, 6.07) is 9.17. The second-order valence-electron chi connectivity index (χ2n) is 5.99. The van der Waals surface area contributed by atoms with Crippen LogP contribution < -0.4 is 5.01 Å². The van der Waals surface area contributed by atoms with Crippen LogP contribution in [-0.4, -0.2) is 53.8 Å². The van der Waals surface area contributed by atoms with Crippen LogP contribution in [0.25, 0.3) is 0 Å². The zero-order valence-corrected chi connectivity index (χ0v) is 15.9. The van der Waals surface area contributed by atoms with E-state index in [1.165, 1.54) is 16.8 Å². The first-order valence-corrected chi connectivity index (χ1v) is 9.37. The number of benzene rings is 1. The van der Waals surface area contributed by atoms with Gasteiger partial charge in [0.05, 0.1) is 18.0 Å². The van der Waals surface area contributed by atoms with Crippen LogP contribution in [-0.2, 0) is 14.3 Å². The number of esters is 1. The number of aliphatic imine (C=N–C) groups is 1. The van der Waals surface area contributed by atoms with Gasteiger partial charge in [-0.05, 0) is 32.2 Å². The van der Waals surface area contributed by atoms with Gasteiger partial charge in [-0.3, -0.25) is 4.79 Å². The minimum Gasteiger partial charge on any atom is -0.462 e. The monoisotopic (exact) mass is 372 g/mol. The zero-order valence-electron chi connectivity index (χ0n) is 15.1. The molecular formula is C18H20N4O3S. The van der Waals surface area contributed by atoms with Crippen molar-refractivity contribution in [3.05, 3.63) is 40.9 Å². The van der Waals surface area contributed by atoms with Crippen molar-refractivity contribution in [2.45, 2.75) is 19.4 Å². The Morgan fingerprint density at radius 3 is 2.58 bits per heavy atom. The van der Waals surface area contributed by atoms with E-state index in [0.717, 1.165) is 0 Å². The quantitative estimate of drug-likeness (QED) is 0.820. The number of nitrogens with zero attached hydrogens (tertiary/aromatic N) is 3. The number of carbonyl (C=O) groups is 2. The van der Waals surface area contributed by atoms with E-state index in [9.17, 15) is 9.59 Å². The molecule has 26 heavy (non-hydrogen) atoms. The van der Waals surface area contributed by atoms with Gasteiger partial charge >= 0.3 is 5.97 Å². The Morgan fingerprint density at radius 1 is 1.35 bits per heavy atom. The highest BCUT2D eigenvalue weighted by atomic mass is 32.2. The predicted molar refractivity (Wildman–Crippen MR) is 102 cm³/mol. The van der Waals surface area contributed by atoms with Crippen LogP contribution in [0.15, 0.2) is 45.9 Å². The van der Waals surface area contributed by atoms with Crippen LogP contribution >= 0.6 is 11.8 Å². The Kier molecular flexibility index (Phi) is 4.72. The van der Waals surface area contributed by atoms with Gasteiger partial charge in [-0.2, -0.15) is 5.01 Å². The summed E-state index contributed by atoms with van der Waals surface area (Å²) in [5, 5.41) is 12.2. The molecular weight excluding hydrogens is 352 g/mol. The van der Waals surface area contributed by atoms with Gasteiger partial charge in [0.1, 0.15) is 21.9 Å². The van der Waals surface area contributed by atoms with Gasteiger partial charge in [0.25, 0.3) is 5.91 Å². The molecule has 0 bridgehead atoms. The molecule has 1 fully saturated rings. The summed E-state index contributed by atoms with van der Waals surface area (Å²) >= 11 is 1.22. The molecule has 2 aliphatic rings. The third-order valence-corrected chi connectivity index (χ3v) is 5.32. The molecule has 136 valence electrons. The summed E-state index contributed by atoms with van der Waals surface area (Å²) in [7, 11) is 1.72. The lowest BCUT2D eigenvalue weighted by atomic mass is 9.84. The average molecular weight is 372 g/mol. The van der Waals surface area contributed by atoms with Crippen molar-refractivity contribution in [2.24, 2.45) is 4.99 Å². The Bertz CT molecular complexity index is 849. The van der Waals surface area contributed by atoms with Gasteiger partial charge in [-0.25, -0.2) is 14.8 Å². The van der Waals surface area contributed by atoms with Gasteiger partial charge in [0.15, 0.2) is 0 Å². The molecule has 1 saturated heterocycles. The van der Waals surface area contributed by atoms with Crippen molar-refractivity contribution in [3.63, 3.8) is 0 Å². The number of para-hydroxylation sites is 1. The SMILES string of the molecule is CCOC(=O)C1=C(SC)N=C2C(=O)N(c3ccccc3)N(C)C2(C)C1=N. The average Bonchev–Trinajstić information content (AvgIpc) is 2.83. The number of anilines is 1. The number of carbonyl (C=O) groups excluding carboxylic acids is 2. The van der Waals surface area contributed by atoms with E-state index in [0.29, 0.717) is 10.7 Å². The van der Waals surface area contributed by atoms with Gasteiger partial charge in [-0.15, -0.1) is 11.8 Å². The lowest BCUT2D eigenvalue weighted by molar-refractivity contribution is -0.138. The lowest BCUT2D eigenvalue weighted by Gasteiger charge is -2.37. The summed E-state index contributed by atoms with van der Waals surface area (Å²) in [6.45, 7) is 3.64. The topological polar surface area (TPSA) is 86.1 Å². The minimum absolute atomic E-state index is 0.0135. The second kappa shape index (κ2) is 6.69. The number of rotatable bonds is 4. The molecule has 0 saturated carbocycles. The maximum absolute atomic E-state index is 13.1. The van der Waals surface area contributed by atoms with E-state index in [2.05, 4.69) is 4.99 Å². The van der Waals surface area contributed by atoms with Crippen LogP contribution in [0.5, 0.6) is 0 Å². The summed E-state index contributed by atoms with van der Waals surface area (Å²) in [6.07, 6.45) is 1.76. The Labute approximate surface area is 156 Å². The largest absolute Gasteiger partial charge is 0.462 e. The minimum atomic E-state index is -1.14. The molecule has 0 radical (unpaired) electrons. The Hall–Kier alpha value is -2.45. The van der Waals surface area contributed by atoms with Crippen LogP contribution in [0.3, 0.4) is 0 Å². The van der Waals surface area contributed by atoms with Crippen molar-refractivity contribution in [2.75, 3.05) is 24.9 Å². The van der Waals surface area contributed by atoms with E-state index in [-0.39, 0.29) is 29.5 Å². The molecule has 2 aliphatic heterocycles. The van der Waals surface area contributed by atoms with Crippen molar-refractivity contribution in [3.8, 4) is 0 Å². The summed E-state index contributed by atoms with van der Waals surface area (Å²) in [4.78, 5) is 30.0. The lowest BCUT2D eigenvalue weighted by Crippen LogP contribution is -2.56. The summed E-state index contributed by atoms with van der Waals surface area (Å²) in [5.74, 6) is -0.898. The summed E-state index contributed by atoms with van der Waals surface area (Å²) < 4.78 is 5.11. The third kappa shape index (κ3) is 2.48. The van der Waals surface area contributed by atoms with E-state index < -0.39 is 11.5 Å². The molecule has 2 heterocycles. The molecule has 7 nitrogen and oxygen atoms in total. The van der Waals surface area contributed by atoms with Crippen molar-refractivity contribution < 1.29 is 14.3 Å². The van der Waals surface area contributed by atoms with Gasteiger partial charge < -0.3 is 10.1 Å². The van der Waals surface area contributed by atoms with Crippen LogP contribution in [0.1, 0.15) is 13.8 Å². The summed E-state index contributed by atoms with van der Waals surface area (Å²) in [5.41, 5.74) is -0.116. The van der Waals surface area contributed by atoms with Crippen LogP contribution in [0.2, 0.25) is 0 Å². The predicted octanol–water partition coefficient (Wildman–Crippen LogP) is 2.25. The molecule has 0 aliphatic carbocycles. The highest BCUT2D eigenvalue weighted by Crippen LogP contribution is 2.40. The molecule has 0 spiro atoms. The third-order valence-electron chi connectivity index (χ3n) is 4.64. The second-order valence-corrected chi connectivity index (χ2v) is 6.78. The first-order valence-electron chi connectivity index (χ1n) is 8.15. The van der Waals surface area contributed by atoms with Gasteiger partial charge in [0.2, 0.25) is 0 Å². The molecule has 1 aromatic carbocycles. The fourth-order valence-electron chi connectivity index (χ4n) is 3.14. The van der Waals surface area contributed by atoms with Crippen LogP contribution in [0, 0.1) is 5.41 Å². The van der Waals surface area contributed by atoms with Crippen molar-refractivity contribution in [1.82, 2.24) is 5.01 Å². The maximum Gasteiger partial charge on any atom is 0.342 e. The molecule has 1 unspecified atom stereocenters. The van der Waals surface area contributed by atoms with E-state index >= 15 is 0 Å². The standard InChI is InChI=1S/C18H20N4O3S/c1-5-25-17(24)12-13(19)18(2)14(20-15(12)26-4)16(23)22(21(18)3)11-9-7-6-8-10-11/h6-10,19H,5H2,1-4H3. The fourth-order valence-corrected chi connectivity index (χ4v) is 3.71. The first-order chi connectivity index (χ1) is 12.4. The van der Waals surface area contributed by atoms with Crippen molar-refractivity contribution in [1.29, 1.82) is 5.41 Å². The molecule has 1 atom stereocenters. The highest BCUT2D eigenvalue weighted by molar-refractivity contribution is 8.02. The fraction of sp³-hybridized carbons (Fsp3) is 0.333. The zero-order chi connectivity index (χ0) is 19.1. The van der Waals surface area contributed by atoms with Crippen molar-refractivity contribution >= 4 is 40.7 Å². The molecule has 1 aromatic rings. The molecule has 8 heteroatoms. The number of amides is 1. The molecule has 0 aromatic heterocycles. The number of hydrogen-bond donors (Lipinski definition) is 1. The smallest absolute Gasteiger partial charge is 0.342 e. The Morgan fingerprint density at radius 2 is 2.00 bits per heavy atom. The van der Waals surface area contributed by atoms with Crippen LogP contribution in [0.4, 0.5) is 5.69 Å². The molecule has 3 rings (SSSR count). The van der Waals surface area contributed by atoms with Gasteiger partial charge in [0, 0.05) is 7.05 Å². The normalized spacial score (nSPS) is 23.2. The number of thioether (sulfide) groups is 1. The first kappa shape index (κ1) is 18.3. The number of nitrogens with one attached hydrogen (secondary N) is 1. The van der Waals surface area contributed by atoms with E-state index in [1.807, 2.05) is 30.3 Å². The Balaban J connectivity index is 2.13. The van der Waals surface area contributed by atoms with E-state index in [4.69, 9.17) is 10.1 Å². The van der Waals surface area contributed by atoms with E-state index in [1.54, 1.807) is 32.2 Å². The highest BCUT2D eigenvalue weighted by Gasteiger charge is 2.58. The number of ether oxygens (including phenoxy) is 1. The molecule has 1 N–H and O–H groups in total. The number of fused-ring (bicyclic) bond motifs is 1. The van der Waals surface area contributed by atoms with Gasteiger partial charge in [-0.1, -0.05) is 18.2 Å². The number of hydrazine groups is 1. The number of hydrogen-bond acceptors (Lipinski definition) is 7. The maximum atomic E-state index is 13.1.